The van der Waals surface area contributed by atoms with Crippen molar-refractivity contribution in [2.45, 2.75) is 329 Å². The van der Waals surface area contributed by atoms with Crippen LogP contribution in [0.2, 0.25) is 0 Å². The number of carboxylic acid groups (broad SMARTS) is 3. The molecule has 0 saturated carbocycles. The van der Waals surface area contributed by atoms with Gasteiger partial charge in [-0.1, -0.05) is 290 Å². The monoisotopic (exact) mass is 937 g/mol. The number of hydrogen-bond acceptors (Lipinski definition) is 8. The van der Waals surface area contributed by atoms with Gasteiger partial charge >= 0.3 is 26.7 Å². The molecule has 0 amide bonds. The minimum absolute atomic E-state index is 0. The number of hydrogen-bond donors (Lipinski definition) is 0. The van der Waals surface area contributed by atoms with E-state index in [0.29, 0.717) is 0 Å². The first kappa shape index (κ1) is 71.8. The molecule has 0 aromatic rings. The van der Waals surface area contributed by atoms with E-state index < -0.39 is 27.2 Å². The average Bonchev–Trinajstić information content (AvgIpc) is 3.25. The van der Waals surface area contributed by atoms with Gasteiger partial charge in [0.25, 0.3) is 0 Å². The van der Waals surface area contributed by atoms with Gasteiger partial charge < -0.3 is 29.7 Å². The van der Waals surface area contributed by atoms with E-state index in [-0.39, 0.29) is 36.6 Å². The zero-order chi connectivity index (χ0) is 47.4. The van der Waals surface area contributed by atoms with E-state index in [2.05, 4.69) is 20.8 Å². The van der Waals surface area contributed by atoms with Crippen LogP contribution >= 0.6 is 0 Å². The van der Waals surface area contributed by atoms with E-state index in [1.54, 1.807) is 0 Å². The summed E-state index contributed by atoms with van der Waals surface area (Å²) in [6.45, 7) is 6.80. The Kier molecular flexibility index (Phi) is 79.3. The standard InChI is InChI=1S/3C18H36O2.Al.O2Si/c3*1-2-3-4-5-6-7-8-9-10-11-12-13-14-15-16-17-18(19)20;;1-3-2/h3*2-17H2,1H3,(H,19,20);;/q;;;+3;/p-3. The van der Waals surface area contributed by atoms with Gasteiger partial charge in [-0.25, -0.2) is 0 Å². The van der Waals surface area contributed by atoms with Crippen LogP contribution in [0, 0.1) is 0 Å². The second-order valence-corrected chi connectivity index (χ2v) is 18.5. The molecule has 0 atom stereocenters. The Bertz CT molecular complexity index is 811. The molecule has 0 bridgehead atoms. The van der Waals surface area contributed by atoms with Gasteiger partial charge in [0.15, 0.2) is 0 Å². The number of unbranched alkanes of at least 4 members (excludes halogenated alkanes) is 42. The fraction of sp³-hybridized carbons (Fsp3) is 0.944. The van der Waals surface area contributed by atoms with Crippen molar-refractivity contribution in [2.24, 2.45) is 0 Å². The molecule has 0 rings (SSSR count). The van der Waals surface area contributed by atoms with Crippen molar-refractivity contribution in [1.82, 2.24) is 0 Å². The summed E-state index contributed by atoms with van der Waals surface area (Å²) in [7, 11) is -1.42. The molecule has 0 aromatic carbocycles. The molecule has 0 heterocycles. The van der Waals surface area contributed by atoms with Crippen LogP contribution in [0.3, 0.4) is 0 Å². The second kappa shape index (κ2) is 70.8. The van der Waals surface area contributed by atoms with Gasteiger partial charge in [-0.15, -0.1) is 0 Å². The van der Waals surface area contributed by atoms with E-state index in [1.807, 2.05) is 0 Å². The maximum absolute atomic E-state index is 10.2. The minimum atomic E-state index is -1.42. The molecule has 0 spiro atoms. The molecule has 8 nitrogen and oxygen atoms in total. The van der Waals surface area contributed by atoms with E-state index >= 15 is 0 Å². The first-order valence-electron chi connectivity index (χ1n) is 27.3. The number of rotatable bonds is 48. The molecule has 376 valence electrons. The molecule has 0 aliphatic carbocycles. The quantitative estimate of drug-likeness (QED) is 0.0431. The van der Waals surface area contributed by atoms with Gasteiger partial charge in [0.2, 0.25) is 0 Å². The van der Waals surface area contributed by atoms with Crippen molar-refractivity contribution >= 4 is 44.6 Å². The summed E-state index contributed by atoms with van der Waals surface area (Å²) >= 11 is 0. The molecule has 0 aliphatic heterocycles. The molecule has 0 N–H and O–H groups in total. The average molecular weight is 937 g/mol. The summed E-state index contributed by atoms with van der Waals surface area (Å²) in [4.78, 5) is 30.7. The fourth-order valence-electron chi connectivity index (χ4n) is 7.92. The zero-order valence-electron chi connectivity index (χ0n) is 42.8. The van der Waals surface area contributed by atoms with E-state index in [4.69, 9.17) is 8.92 Å². The third-order valence-corrected chi connectivity index (χ3v) is 12.0. The fourth-order valence-corrected chi connectivity index (χ4v) is 7.92. The molecular formula is C54H105AlO8Si. The zero-order valence-corrected chi connectivity index (χ0v) is 44.9. The third-order valence-electron chi connectivity index (χ3n) is 12.0. The Morgan fingerprint density at radius 3 is 0.438 bits per heavy atom. The van der Waals surface area contributed by atoms with Crippen LogP contribution in [0.25, 0.3) is 0 Å². The molecule has 0 aromatic heterocycles. The molecule has 0 saturated heterocycles. The molecule has 0 aliphatic rings. The van der Waals surface area contributed by atoms with Gasteiger partial charge in [0, 0.05) is 17.9 Å². The SMILES string of the molecule is CCCCCCCCCCCCCCCCCC(=O)[O-].CCCCCCCCCCCCCCCCCC(=O)[O-].CCCCCCCCCCCCCCCCCC(=O)[O-].O=[Si]=O.[Al+3]. The summed E-state index contributed by atoms with van der Waals surface area (Å²) in [5.74, 6) is -2.71. The van der Waals surface area contributed by atoms with E-state index in [9.17, 15) is 29.7 Å². The summed E-state index contributed by atoms with van der Waals surface area (Å²) in [6, 6.07) is 0. The predicted octanol–water partition coefficient (Wildman–Crippen LogP) is 14.0. The minimum Gasteiger partial charge on any atom is -0.550 e. The molecule has 0 unspecified atom stereocenters. The Morgan fingerprint density at radius 2 is 0.344 bits per heavy atom. The largest absolute Gasteiger partial charge is 3.00 e. The Labute approximate surface area is 410 Å². The van der Waals surface area contributed by atoms with Crippen LogP contribution < -0.4 is 15.3 Å². The van der Waals surface area contributed by atoms with Crippen molar-refractivity contribution in [3.8, 4) is 0 Å². The van der Waals surface area contributed by atoms with Gasteiger partial charge in [-0.05, 0) is 38.5 Å². The van der Waals surface area contributed by atoms with Crippen molar-refractivity contribution in [2.75, 3.05) is 0 Å². The summed E-state index contributed by atoms with van der Waals surface area (Å²) in [6.07, 6.45) is 59.6. The van der Waals surface area contributed by atoms with Gasteiger partial charge in [-0.3, -0.25) is 8.92 Å². The van der Waals surface area contributed by atoms with Crippen LogP contribution in [0.5, 0.6) is 0 Å². The summed E-state index contributed by atoms with van der Waals surface area (Å²) in [5.41, 5.74) is 0. The van der Waals surface area contributed by atoms with Crippen LogP contribution in [-0.2, 0) is 23.3 Å². The first-order chi connectivity index (χ1) is 30.7. The molecule has 64 heavy (non-hydrogen) atoms. The predicted molar refractivity (Wildman–Crippen MR) is 267 cm³/mol. The topological polar surface area (TPSA) is 155 Å². The maximum atomic E-state index is 10.2. The normalized spacial score (nSPS) is 10.3. The Morgan fingerprint density at radius 1 is 0.250 bits per heavy atom. The van der Waals surface area contributed by atoms with E-state index in [1.165, 1.54) is 250 Å². The van der Waals surface area contributed by atoms with E-state index in [0.717, 1.165) is 38.5 Å². The summed E-state index contributed by atoms with van der Waals surface area (Å²) in [5, 5.41) is 30.7. The number of carboxylic acids is 3. The molecular weight excluding hydrogens is 832 g/mol. The number of carbonyl (C=O) groups is 3. The van der Waals surface area contributed by atoms with Gasteiger partial charge in [0.05, 0.1) is 0 Å². The molecule has 0 fully saturated rings. The van der Waals surface area contributed by atoms with Gasteiger partial charge in [-0.2, -0.15) is 0 Å². The summed E-state index contributed by atoms with van der Waals surface area (Å²) < 4.78 is 16.8. The maximum Gasteiger partial charge on any atom is 3.00 e. The van der Waals surface area contributed by atoms with Crippen molar-refractivity contribution < 1.29 is 38.6 Å². The van der Waals surface area contributed by atoms with Crippen molar-refractivity contribution in [3.63, 3.8) is 0 Å². The Hall–Kier alpha value is -1.24. The van der Waals surface area contributed by atoms with Crippen LogP contribution in [0.1, 0.15) is 329 Å². The van der Waals surface area contributed by atoms with Crippen molar-refractivity contribution in [3.05, 3.63) is 0 Å². The first-order valence-corrected chi connectivity index (χ1v) is 28.1. The van der Waals surface area contributed by atoms with Crippen molar-refractivity contribution in [1.29, 1.82) is 0 Å². The van der Waals surface area contributed by atoms with Crippen LogP contribution in [0.15, 0.2) is 0 Å². The van der Waals surface area contributed by atoms with Gasteiger partial charge in [0.1, 0.15) is 0 Å². The van der Waals surface area contributed by atoms with Crippen LogP contribution in [-0.4, -0.2) is 44.6 Å². The van der Waals surface area contributed by atoms with Crippen LogP contribution in [0.4, 0.5) is 0 Å². The second-order valence-electron chi connectivity index (χ2n) is 18.3. The third kappa shape index (κ3) is 87.6. The smallest absolute Gasteiger partial charge is 0.550 e. The molecule has 10 heteroatoms. The number of aliphatic carboxylic acids is 3. The number of carbonyl (C=O) groups excluding carboxylic acids is 3. The Balaban J connectivity index is -0.000000261. The molecule has 0 radical (unpaired) electrons.